The zero-order valence-electron chi connectivity index (χ0n) is 14.8. The molecule has 1 heterocycles. The summed E-state index contributed by atoms with van der Waals surface area (Å²) in [5.41, 5.74) is 0. The van der Waals surface area contributed by atoms with Crippen molar-refractivity contribution in [1.29, 1.82) is 0 Å². The maximum absolute atomic E-state index is 10.7. The smallest absolute Gasteiger partial charge is 0.342 e. The van der Waals surface area contributed by atoms with Crippen molar-refractivity contribution in [2.45, 2.75) is 103 Å². The second-order valence-electron chi connectivity index (χ2n) is 6.90. The van der Waals surface area contributed by atoms with Crippen molar-refractivity contribution in [2.75, 3.05) is 0 Å². The fourth-order valence-electron chi connectivity index (χ4n) is 3.02. The third-order valence-electron chi connectivity index (χ3n) is 4.45. The molecule has 0 radical (unpaired) electrons. The SMILES string of the molecule is CCCCCCC(C)CCCCCCCCC1(O)OS(=O)(=O)O1. The molecule has 1 rings (SSSR count). The van der Waals surface area contributed by atoms with Crippen LogP contribution >= 0.6 is 0 Å². The summed E-state index contributed by atoms with van der Waals surface area (Å²) >= 11 is 0. The van der Waals surface area contributed by atoms with Crippen LogP contribution in [0.15, 0.2) is 0 Å². The Hall–Kier alpha value is -0.170. The quantitative estimate of drug-likeness (QED) is 0.462. The first-order valence-corrected chi connectivity index (χ1v) is 10.6. The van der Waals surface area contributed by atoms with Gasteiger partial charge in [0.1, 0.15) is 0 Å². The van der Waals surface area contributed by atoms with Crippen LogP contribution in [-0.4, -0.2) is 19.5 Å². The zero-order valence-corrected chi connectivity index (χ0v) is 15.6. The summed E-state index contributed by atoms with van der Waals surface area (Å²) in [5, 5.41) is 9.53. The Bertz CT molecular complexity index is 395. The lowest BCUT2D eigenvalue weighted by atomic mass is 9.96. The molecule has 1 aliphatic rings. The summed E-state index contributed by atoms with van der Waals surface area (Å²) < 4.78 is 30.0. The van der Waals surface area contributed by atoms with Gasteiger partial charge in [0.05, 0.1) is 0 Å². The molecule has 0 aromatic carbocycles. The fraction of sp³-hybridized carbons (Fsp3) is 1.00. The lowest BCUT2D eigenvalue weighted by Crippen LogP contribution is -2.50. The van der Waals surface area contributed by atoms with Gasteiger partial charge in [-0.1, -0.05) is 84.5 Å². The highest BCUT2D eigenvalue weighted by atomic mass is 32.3. The second kappa shape index (κ2) is 10.6. The average Bonchev–Trinajstić information content (AvgIpc) is 2.44. The van der Waals surface area contributed by atoms with Crippen molar-refractivity contribution in [2.24, 2.45) is 5.92 Å². The summed E-state index contributed by atoms with van der Waals surface area (Å²) in [5.74, 6) is -1.05. The van der Waals surface area contributed by atoms with Crippen molar-refractivity contribution in [3.8, 4) is 0 Å². The molecule has 0 aromatic heterocycles. The molecule has 23 heavy (non-hydrogen) atoms. The van der Waals surface area contributed by atoms with Crippen LogP contribution in [0, 0.1) is 5.92 Å². The molecular formula is C17H34O5S. The minimum absolute atomic E-state index is 0.209. The molecule has 0 bridgehead atoms. The van der Waals surface area contributed by atoms with E-state index in [4.69, 9.17) is 0 Å². The number of aliphatic hydroxyl groups is 1. The van der Waals surface area contributed by atoms with E-state index in [1.807, 2.05) is 0 Å². The van der Waals surface area contributed by atoms with Crippen molar-refractivity contribution in [3.63, 3.8) is 0 Å². The molecule has 6 heteroatoms. The normalized spacial score (nSPS) is 20.1. The van der Waals surface area contributed by atoms with Gasteiger partial charge < -0.3 is 5.11 Å². The molecule has 138 valence electrons. The van der Waals surface area contributed by atoms with Crippen molar-refractivity contribution >= 4 is 10.4 Å². The van der Waals surface area contributed by atoms with Gasteiger partial charge in [-0.3, -0.25) is 0 Å². The van der Waals surface area contributed by atoms with Gasteiger partial charge >= 0.3 is 16.4 Å². The summed E-state index contributed by atoms with van der Waals surface area (Å²) in [6.45, 7) is 4.61. The molecule has 0 aliphatic carbocycles. The Morgan fingerprint density at radius 2 is 1.35 bits per heavy atom. The fourth-order valence-corrected chi connectivity index (χ4v) is 3.84. The number of hydrogen-bond acceptors (Lipinski definition) is 5. The largest absolute Gasteiger partial charge is 0.409 e. The second-order valence-corrected chi connectivity index (χ2v) is 8.05. The van der Waals surface area contributed by atoms with Crippen LogP contribution < -0.4 is 0 Å². The van der Waals surface area contributed by atoms with E-state index in [9.17, 15) is 13.5 Å². The van der Waals surface area contributed by atoms with Gasteiger partial charge in [0.15, 0.2) is 0 Å². The number of rotatable bonds is 14. The van der Waals surface area contributed by atoms with E-state index in [1.54, 1.807) is 0 Å². The monoisotopic (exact) mass is 350 g/mol. The average molecular weight is 351 g/mol. The summed E-state index contributed by atoms with van der Waals surface area (Å²) in [7, 11) is -3.91. The molecular weight excluding hydrogens is 316 g/mol. The topological polar surface area (TPSA) is 72.8 Å². The van der Waals surface area contributed by atoms with E-state index in [2.05, 4.69) is 22.2 Å². The van der Waals surface area contributed by atoms with Gasteiger partial charge in [-0.2, -0.15) is 16.8 Å². The first-order chi connectivity index (χ1) is 10.9. The minimum atomic E-state index is -3.91. The molecule has 0 spiro atoms. The first-order valence-electron chi connectivity index (χ1n) is 9.25. The summed E-state index contributed by atoms with van der Waals surface area (Å²) in [4.78, 5) is 0. The molecule has 0 saturated carbocycles. The van der Waals surface area contributed by atoms with E-state index < -0.39 is 16.4 Å². The maximum atomic E-state index is 10.7. The minimum Gasteiger partial charge on any atom is -0.342 e. The highest BCUT2D eigenvalue weighted by molar-refractivity contribution is 7.82. The summed E-state index contributed by atoms with van der Waals surface area (Å²) in [6, 6.07) is 0. The Morgan fingerprint density at radius 1 is 0.870 bits per heavy atom. The molecule has 1 unspecified atom stereocenters. The van der Waals surface area contributed by atoms with Crippen LogP contribution in [0.5, 0.6) is 0 Å². The Balaban J connectivity index is 1.85. The van der Waals surface area contributed by atoms with Gasteiger partial charge in [0, 0.05) is 6.42 Å². The van der Waals surface area contributed by atoms with E-state index in [0.29, 0.717) is 6.42 Å². The first kappa shape index (κ1) is 20.9. The highest BCUT2D eigenvalue weighted by Gasteiger charge is 2.50. The van der Waals surface area contributed by atoms with Gasteiger partial charge in [-0.05, 0) is 12.3 Å². The van der Waals surface area contributed by atoms with Gasteiger partial charge in [-0.15, -0.1) is 0 Å². The van der Waals surface area contributed by atoms with Crippen LogP contribution in [0.25, 0.3) is 0 Å². The molecule has 0 amide bonds. The van der Waals surface area contributed by atoms with Crippen LogP contribution in [0.2, 0.25) is 0 Å². The predicted octanol–water partition coefficient (Wildman–Crippen LogP) is 4.65. The maximum Gasteiger partial charge on any atom is 0.409 e. The highest BCUT2D eigenvalue weighted by Crippen LogP contribution is 2.32. The van der Waals surface area contributed by atoms with E-state index in [1.165, 1.54) is 57.8 Å². The van der Waals surface area contributed by atoms with Crippen LogP contribution in [0.4, 0.5) is 0 Å². The van der Waals surface area contributed by atoms with Crippen molar-refractivity contribution < 1.29 is 21.9 Å². The summed E-state index contributed by atoms with van der Waals surface area (Å²) in [6.07, 6.45) is 14.8. The Labute approximate surface area is 142 Å². The third-order valence-corrected chi connectivity index (χ3v) is 5.38. The lowest BCUT2D eigenvalue weighted by molar-refractivity contribution is -0.329. The van der Waals surface area contributed by atoms with E-state index >= 15 is 0 Å². The van der Waals surface area contributed by atoms with E-state index in [0.717, 1.165) is 18.8 Å². The van der Waals surface area contributed by atoms with Gasteiger partial charge in [0.25, 0.3) is 0 Å². The lowest BCUT2D eigenvalue weighted by Gasteiger charge is -2.33. The van der Waals surface area contributed by atoms with Gasteiger partial charge in [0.2, 0.25) is 0 Å². The third kappa shape index (κ3) is 9.65. The Morgan fingerprint density at radius 3 is 1.87 bits per heavy atom. The number of hydrogen-bond donors (Lipinski definition) is 1. The van der Waals surface area contributed by atoms with Crippen molar-refractivity contribution in [3.05, 3.63) is 0 Å². The molecule has 1 aliphatic heterocycles. The molecule has 1 fully saturated rings. The number of unbranched alkanes of at least 4 members (excludes halogenated alkanes) is 8. The van der Waals surface area contributed by atoms with Crippen LogP contribution in [-0.2, 0) is 18.8 Å². The molecule has 1 saturated heterocycles. The molecule has 0 aromatic rings. The van der Waals surface area contributed by atoms with E-state index in [-0.39, 0.29) is 6.42 Å². The molecule has 1 atom stereocenters. The van der Waals surface area contributed by atoms with Crippen LogP contribution in [0.3, 0.4) is 0 Å². The van der Waals surface area contributed by atoms with Gasteiger partial charge in [-0.25, -0.2) is 0 Å². The standard InChI is InChI=1S/C17H34O5S/c1-3-4-5-10-13-16(2)14-11-8-6-7-9-12-15-17(18)21-23(19,20)22-17/h16,18H,3-15H2,1-2H3. The predicted molar refractivity (Wildman–Crippen MR) is 90.9 cm³/mol. The molecule has 5 nitrogen and oxygen atoms in total. The van der Waals surface area contributed by atoms with Crippen LogP contribution in [0.1, 0.15) is 97.3 Å². The Kier molecular flexibility index (Phi) is 9.66. The molecule has 1 N–H and O–H groups in total. The van der Waals surface area contributed by atoms with Crippen molar-refractivity contribution in [1.82, 2.24) is 0 Å². The zero-order chi connectivity index (χ0) is 17.2.